The van der Waals surface area contributed by atoms with Gasteiger partial charge in [0.25, 0.3) is 5.91 Å². The number of carbonyl (C=O) groups excluding carboxylic acids is 2. The molecule has 3 aromatic rings. The van der Waals surface area contributed by atoms with Gasteiger partial charge in [-0.05, 0) is 56.2 Å². The lowest BCUT2D eigenvalue weighted by atomic mass is 9.99. The number of piperazine rings is 1. The van der Waals surface area contributed by atoms with Gasteiger partial charge in [-0.1, -0.05) is 6.07 Å². The number of fused-ring (bicyclic) bond motifs is 1. The van der Waals surface area contributed by atoms with Crippen molar-refractivity contribution in [3.05, 3.63) is 35.9 Å². The highest BCUT2D eigenvalue weighted by molar-refractivity contribution is 6.01. The highest BCUT2D eigenvalue weighted by Gasteiger charge is 2.28. The molecule has 0 saturated carbocycles. The molecule has 214 valence electrons. The predicted molar refractivity (Wildman–Crippen MR) is 154 cm³/mol. The van der Waals surface area contributed by atoms with Gasteiger partial charge in [0.05, 0.1) is 35.4 Å². The van der Waals surface area contributed by atoms with Crippen molar-refractivity contribution >= 4 is 34.4 Å². The molecule has 2 aliphatic rings. The van der Waals surface area contributed by atoms with Crippen molar-refractivity contribution in [3.8, 4) is 16.9 Å². The Kier molecular flexibility index (Phi) is 7.75. The summed E-state index contributed by atoms with van der Waals surface area (Å²) < 4.78 is 17.5. The van der Waals surface area contributed by atoms with Gasteiger partial charge >= 0.3 is 6.09 Å². The summed E-state index contributed by atoms with van der Waals surface area (Å²) in [6.45, 7) is 9.04. The van der Waals surface area contributed by atoms with Gasteiger partial charge in [0.1, 0.15) is 17.5 Å². The van der Waals surface area contributed by atoms with Crippen LogP contribution in [0, 0.1) is 0 Å². The van der Waals surface area contributed by atoms with E-state index in [4.69, 9.17) is 19.9 Å². The van der Waals surface area contributed by atoms with Gasteiger partial charge in [-0.25, -0.2) is 4.79 Å². The van der Waals surface area contributed by atoms with Crippen LogP contribution in [0.3, 0.4) is 0 Å². The molecule has 0 unspecified atom stereocenters. The third kappa shape index (κ3) is 5.94. The molecule has 11 heteroatoms. The molecule has 2 aliphatic heterocycles. The first-order valence-corrected chi connectivity index (χ1v) is 13.7. The lowest BCUT2D eigenvalue weighted by Gasteiger charge is -2.37. The van der Waals surface area contributed by atoms with Crippen LogP contribution in [0.4, 0.5) is 16.3 Å². The van der Waals surface area contributed by atoms with Crippen molar-refractivity contribution in [2.45, 2.75) is 45.3 Å². The number of hydrogen-bond donors (Lipinski definition) is 3. The second kappa shape index (κ2) is 11.2. The van der Waals surface area contributed by atoms with Crippen LogP contribution in [0.5, 0.6) is 5.75 Å². The van der Waals surface area contributed by atoms with Gasteiger partial charge in [0.15, 0.2) is 5.82 Å². The fourth-order valence-corrected chi connectivity index (χ4v) is 5.13. The van der Waals surface area contributed by atoms with E-state index in [0.29, 0.717) is 56.5 Å². The molecule has 40 heavy (non-hydrogen) atoms. The number of aromatic amines is 1. The van der Waals surface area contributed by atoms with E-state index in [9.17, 15) is 9.59 Å². The van der Waals surface area contributed by atoms with E-state index in [1.54, 1.807) is 11.9 Å². The van der Waals surface area contributed by atoms with E-state index in [1.165, 1.54) is 0 Å². The number of nitrogens with one attached hydrogen (secondary N) is 2. The van der Waals surface area contributed by atoms with Crippen LogP contribution in [0.1, 0.15) is 44.0 Å². The fourth-order valence-electron chi connectivity index (χ4n) is 5.13. The zero-order valence-electron chi connectivity index (χ0n) is 23.6. The van der Waals surface area contributed by atoms with Gasteiger partial charge in [0.2, 0.25) is 0 Å². The lowest BCUT2D eigenvalue weighted by molar-refractivity contribution is 0.0239. The Labute approximate surface area is 233 Å². The maximum Gasteiger partial charge on any atom is 0.410 e. The number of ether oxygens (including phenoxy) is 3. The summed E-state index contributed by atoms with van der Waals surface area (Å²) in [5.74, 6) is 0.895. The third-order valence-electron chi connectivity index (χ3n) is 7.19. The van der Waals surface area contributed by atoms with Crippen LogP contribution < -0.4 is 20.7 Å². The standard InChI is InChI=1S/C29H38N6O5/c1-29(2,3)40-28(37)35-11-9-34(10-12-35)23-16-18(5-6-21(23)27(36)31-4)19-15-22-25(26(30)33-32-22)24(17-19)39-20-7-13-38-14-8-20/h5-6,15-17,20H,7-14H2,1-4H3,(H,31,36)(H3,30,32,33). The van der Waals surface area contributed by atoms with Crippen molar-refractivity contribution in [2.75, 3.05) is 57.1 Å². The number of carbonyl (C=O) groups is 2. The fraction of sp³-hybridized carbons (Fsp3) is 0.483. The van der Waals surface area contributed by atoms with Crippen LogP contribution in [0.25, 0.3) is 22.0 Å². The van der Waals surface area contributed by atoms with E-state index in [1.807, 2.05) is 51.1 Å². The summed E-state index contributed by atoms with van der Waals surface area (Å²) in [6, 6.07) is 9.78. The van der Waals surface area contributed by atoms with Gasteiger partial charge in [-0.3, -0.25) is 9.89 Å². The van der Waals surface area contributed by atoms with E-state index in [0.717, 1.165) is 40.6 Å². The number of benzene rings is 2. The van der Waals surface area contributed by atoms with Crippen LogP contribution >= 0.6 is 0 Å². The van der Waals surface area contributed by atoms with Crippen molar-refractivity contribution in [1.29, 1.82) is 0 Å². The zero-order chi connectivity index (χ0) is 28.4. The number of rotatable bonds is 5. The van der Waals surface area contributed by atoms with E-state index in [-0.39, 0.29) is 18.1 Å². The number of nitrogens with zero attached hydrogens (tertiary/aromatic N) is 3. The second-order valence-corrected chi connectivity index (χ2v) is 11.2. The molecule has 11 nitrogen and oxygen atoms in total. The molecule has 2 amide bonds. The number of nitrogens with two attached hydrogens (primary N) is 1. The molecular weight excluding hydrogens is 512 g/mol. The number of nitrogen functional groups attached to an aromatic ring is 1. The van der Waals surface area contributed by atoms with Gasteiger partial charge in [-0.15, -0.1) is 0 Å². The first kappa shape index (κ1) is 27.6. The number of hydrogen-bond acceptors (Lipinski definition) is 8. The van der Waals surface area contributed by atoms with Crippen molar-refractivity contribution < 1.29 is 23.8 Å². The Bertz CT molecular complexity index is 1380. The number of amides is 2. The second-order valence-electron chi connectivity index (χ2n) is 11.2. The minimum atomic E-state index is -0.553. The Morgan fingerprint density at radius 2 is 1.80 bits per heavy atom. The highest BCUT2D eigenvalue weighted by Crippen LogP contribution is 2.38. The topological polar surface area (TPSA) is 135 Å². The maximum absolute atomic E-state index is 12.8. The summed E-state index contributed by atoms with van der Waals surface area (Å²) >= 11 is 0. The summed E-state index contributed by atoms with van der Waals surface area (Å²) in [5.41, 5.74) is 9.62. The Hall–Kier alpha value is -3.99. The first-order chi connectivity index (χ1) is 19.1. The van der Waals surface area contributed by atoms with Crippen LogP contribution in [-0.4, -0.2) is 85.2 Å². The van der Waals surface area contributed by atoms with Gasteiger partial charge < -0.3 is 35.1 Å². The molecule has 3 heterocycles. The van der Waals surface area contributed by atoms with Crippen LogP contribution in [0.2, 0.25) is 0 Å². The minimum Gasteiger partial charge on any atom is -0.489 e. The first-order valence-electron chi connectivity index (χ1n) is 13.7. The Morgan fingerprint density at radius 1 is 1.07 bits per heavy atom. The molecule has 0 bridgehead atoms. The molecule has 2 aromatic carbocycles. The smallest absolute Gasteiger partial charge is 0.410 e. The molecule has 0 radical (unpaired) electrons. The van der Waals surface area contributed by atoms with Crippen molar-refractivity contribution in [1.82, 2.24) is 20.4 Å². The van der Waals surface area contributed by atoms with E-state index in [2.05, 4.69) is 20.4 Å². The monoisotopic (exact) mass is 550 g/mol. The lowest BCUT2D eigenvalue weighted by Crippen LogP contribution is -2.50. The molecule has 0 aliphatic carbocycles. The highest BCUT2D eigenvalue weighted by atomic mass is 16.6. The zero-order valence-corrected chi connectivity index (χ0v) is 23.6. The number of H-pyrrole nitrogens is 1. The van der Waals surface area contributed by atoms with Gasteiger partial charge in [-0.2, -0.15) is 5.10 Å². The summed E-state index contributed by atoms with van der Waals surface area (Å²) in [5, 5.41) is 10.7. The summed E-state index contributed by atoms with van der Waals surface area (Å²) in [7, 11) is 1.62. The minimum absolute atomic E-state index is 0.0361. The number of aromatic nitrogens is 2. The molecule has 5 rings (SSSR count). The quantitative estimate of drug-likeness (QED) is 0.437. The molecule has 2 saturated heterocycles. The average molecular weight is 551 g/mol. The molecule has 4 N–H and O–H groups in total. The largest absolute Gasteiger partial charge is 0.489 e. The van der Waals surface area contributed by atoms with Crippen molar-refractivity contribution in [2.24, 2.45) is 0 Å². The molecular formula is C29H38N6O5. The number of anilines is 2. The van der Waals surface area contributed by atoms with Crippen LogP contribution in [0.15, 0.2) is 30.3 Å². The normalized spacial score (nSPS) is 16.7. The predicted octanol–water partition coefficient (Wildman–Crippen LogP) is 3.79. The molecule has 0 atom stereocenters. The van der Waals surface area contributed by atoms with E-state index < -0.39 is 5.60 Å². The SMILES string of the molecule is CNC(=O)c1ccc(-c2cc(OC3CCOCC3)c3c(N)n[nH]c3c2)cc1N1CCN(C(=O)OC(C)(C)C)CC1. The van der Waals surface area contributed by atoms with Crippen molar-refractivity contribution in [3.63, 3.8) is 0 Å². The third-order valence-corrected chi connectivity index (χ3v) is 7.19. The maximum atomic E-state index is 12.8. The summed E-state index contributed by atoms with van der Waals surface area (Å²) in [4.78, 5) is 29.3. The molecule has 1 aromatic heterocycles. The Balaban J connectivity index is 1.46. The Morgan fingerprint density at radius 3 is 2.48 bits per heavy atom. The average Bonchev–Trinajstić information content (AvgIpc) is 3.32. The van der Waals surface area contributed by atoms with Crippen LogP contribution in [-0.2, 0) is 9.47 Å². The molecule has 2 fully saturated rings. The van der Waals surface area contributed by atoms with Gasteiger partial charge in [0, 0.05) is 46.1 Å². The summed E-state index contributed by atoms with van der Waals surface area (Å²) in [6.07, 6.45) is 1.33. The molecule has 0 spiro atoms. The van der Waals surface area contributed by atoms with E-state index >= 15 is 0 Å².